The maximum Gasteiger partial charge on any atom is 0.0597 e. The van der Waals surface area contributed by atoms with Crippen LogP contribution in [-0.4, -0.2) is 20.6 Å². The monoisotopic (exact) mass is 320 g/mol. The highest BCUT2D eigenvalue weighted by Crippen LogP contribution is 2.43. The fourth-order valence-electron chi connectivity index (χ4n) is 3.41. The molecule has 2 bridgehead atoms. The lowest BCUT2D eigenvalue weighted by Crippen LogP contribution is -2.20. The normalized spacial score (nSPS) is 27.8. The molecule has 1 saturated carbocycles. The highest BCUT2D eigenvalue weighted by atomic mass is 79.9. The van der Waals surface area contributed by atoms with E-state index in [0.29, 0.717) is 0 Å². The average molecular weight is 321 g/mol. The lowest BCUT2D eigenvalue weighted by Gasteiger charge is -2.23. The first-order valence-electron chi connectivity index (χ1n) is 7.02. The molecule has 1 fully saturated rings. The van der Waals surface area contributed by atoms with Gasteiger partial charge in [0.2, 0.25) is 0 Å². The molecule has 2 aliphatic rings. The van der Waals surface area contributed by atoms with Crippen molar-refractivity contribution in [2.75, 3.05) is 30.9 Å². The van der Waals surface area contributed by atoms with Crippen molar-refractivity contribution < 1.29 is 0 Å². The molecule has 1 aromatic carbocycles. The van der Waals surface area contributed by atoms with Crippen molar-refractivity contribution in [3.05, 3.63) is 34.8 Å². The Morgan fingerprint density at radius 1 is 1.26 bits per heavy atom. The van der Waals surface area contributed by atoms with Gasteiger partial charge in [0, 0.05) is 25.1 Å². The molecule has 0 heterocycles. The first kappa shape index (κ1) is 13.0. The summed E-state index contributed by atoms with van der Waals surface area (Å²) in [6.45, 7) is 1.09. The van der Waals surface area contributed by atoms with Crippen molar-refractivity contribution in [3.8, 4) is 0 Å². The van der Waals surface area contributed by atoms with Crippen LogP contribution in [0, 0.1) is 17.8 Å². The molecule has 0 aliphatic heterocycles. The zero-order chi connectivity index (χ0) is 13.4. The van der Waals surface area contributed by atoms with Crippen LogP contribution in [0.25, 0.3) is 0 Å². The third-order valence-electron chi connectivity index (χ3n) is 4.41. The molecule has 19 heavy (non-hydrogen) atoms. The van der Waals surface area contributed by atoms with Gasteiger partial charge in [-0.2, -0.15) is 0 Å². The predicted octanol–water partition coefficient (Wildman–Crippen LogP) is 4.14. The zero-order valence-electron chi connectivity index (χ0n) is 11.6. The molecule has 0 spiro atoms. The van der Waals surface area contributed by atoms with Gasteiger partial charge in [0.1, 0.15) is 0 Å². The summed E-state index contributed by atoms with van der Waals surface area (Å²) < 4.78 is 1.13. The Hall–Kier alpha value is -0.960. The molecule has 3 unspecified atom stereocenters. The summed E-state index contributed by atoms with van der Waals surface area (Å²) in [4.78, 5) is 2.16. The predicted molar refractivity (Wildman–Crippen MR) is 85.8 cm³/mol. The van der Waals surface area contributed by atoms with Crippen molar-refractivity contribution in [2.24, 2.45) is 17.8 Å². The van der Waals surface area contributed by atoms with E-state index in [9.17, 15) is 0 Å². The highest BCUT2D eigenvalue weighted by Gasteiger charge is 2.35. The molecule has 0 aromatic heterocycles. The second-order valence-corrected chi connectivity index (χ2v) is 6.89. The second-order valence-electron chi connectivity index (χ2n) is 5.98. The maximum atomic E-state index is 3.66. The zero-order valence-corrected chi connectivity index (χ0v) is 13.2. The van der Waals surface area contributed by atoms with Gasteiger partial charge >= 0.3 is 0 Å². The Morgan fingerprint density at radius 2 is 2.11 bits per heavy atom. The van der Waals surface area contributed by atoms with Crippen LogP contribution in [0.4, 0.5) is 11.4 Å². The van der Waals surface area contributed by atoms with Crippen molar-refractivity contribution in [1.29, 1.82) is 0 Å². The van der Waals surface area contributed by atoms with Crippen LogP contribution in [0.3, 0.4) is 0 Å². The summed E-state index contributed by atoms with van der Waals surface area (Å²) in [6, 6.07) is 6.44. The van der Waals surface area contributed by atoms with Crippen LogP contribution in [0.15, 0.2) is 34.8 Å². The van der Waals surface area contributed by atoms with Gasteiger partial charge in [0.05, 0.1) is 11.4 Å². The Kier molecular flexibility index (Phi) is 3.57. The van der Waals surface area contributed by atoms with E-state index >= 15 is 0 Å². The number of halogens is 1. The molecule has 1 N–H and O–H groups in total. The van der Waals surface area contributed by atoms with E-state index in [1.807, 2.05) is 0 Å². The molecular formula is C16H21BrN2. The molecule has 3 rings (SSSR count). The van der Waals surface area contributed by atoms with E-state index in [4.69, 9.17) is 0 Å². The van der Waals surface area contributed by atoms with Crippen molar-refractivity contribution in [3.63, 3.8) is 0 Å². The van der Waals surface area contributed by atoms with E-state index in [1.54, 1.807) is 0 Å². The number of hydrogen-bond donors (Lipinski definition) is 1. The Morgan fingerprint density at radius 3 is 2.74 bits per heavy atom. The van der Waals surface area contributed by atoms with Crippen LogP contribution >= 0.6 is 15.9 Å². The molecule has 0 saturated heterocycles. The van der Waals surface area contributed by atoms with E-state index < -0.39 is 0 Å². The molecule has 0 amide bonds. The number of rotatable bonds is 4. The van der Waals surface area contributed by atoms with Crippen LogP contribution in [0.5, 0.6) is 0 Å². The fourth-order valence-corrected chi connectivity index (χ4v) is 3.77. The highest BCUT2D eigenvalue weighted by molar-refractivity contribution is 9.10. The van der Waals surface area contributed by atoms with Gasteiger partial charge in [0.15, 0.2) is 0 Å². The van der Waals surface area contributed by atoms with E-state index in [-0.39, 0.29) is 0 Å². The van der Waals surface area contributed by atoms with E-state index in [1.165, 1.54) is 24.2 Å². The van der Waals surface area contributed by atoms with Gasteiger partial charge < -0.3 is 10.2 Å². The lowest BCUT2D eigenvalue weighted by atomic mass is 9.93. The summed E-state index contributed by atoms with van der Waals surface area (Å²) in [5.41, 5.74) is 2.48. The Balaban J connectivity index is 1.69. The van der Waals surface area contributed by atoms with Crippen molar-refractivity contribution in [1.82, 2.24) is 0 Å². The van der Waals surface area contributed by atoms with Crippen LogP contribution < -0.4 is 10.2 Å². The number of hydrogen-bond acceptors (Lipinski definition) is 2. The molecule has 3 heteroatoms. The second kappa shape index (κ2) is 5.20. The first-order chi connectivity index (χ1) is 9.13. The fraction of sp³-hybridized carbons (Fsp3) is 0.500. The molecule has 102 valence electrons. The third kappa shape index (κ3) is 2.66. The van der Waals surface area contributed by atoms with Gasteiger partial charge in [-0.1, -0.05) is 28.1 Å². The maximum absolute atomic E-state index is 3.66. The molecule has 3 atom stereocenters. The van der Waals surface area contributed by atoms with Crippen LogP contribution in [0.2, 0.25) is 0 Å². The topological polar surface area (TPSA) is 15.3 Å². The Labute approximate surface area is 124 Å². The van der Waals surface area contributed by atoms with Crippen molar-refractivity contribution in [2.45, 2.75) is 12.8 Å². The standard InChI is InChI=1S/C16H21BrN2/c1-19(2)16-6-5-14(17)9-15(16)18-10-13-8-11-3-4-12(13)7-11/h3-6,9,11-13,18H,7-8,10H2,1-2H3. The molecular weight excluding hydrogens is 300 g/mol. The van der Waals surface area contributed by atoms with Gasteiger partial charge in [-0.3, -0.25) is 0 Å². The minimum absolute atomic E-state index is 0.809. The molecule has 2 nitrogen and oxygen atoms in total. The largest absolute Gasteiger partial charge is 0.383 e. The smallest absolute Gasteiger partial charge is 0.0597 e. The SMILES string of the molecule is CN(C)c1ccc(Br)cc1NCC1CC2C=CC1C2. The lowest BCUT2D eigenvalue weighted by molar-refractivity contribution is 0.472. The summed E-state index contributed by atoms with van der Waals surface area (Å²) >= 11 is 3.56. The number of allylic oxidation sites excluding steroid dienone is 2. The summed E-state index contributed by atoms with van der Waals surface area (Å²) in [6.07, 6.45) is 7.57. The minimum Gasteiger partial charge on any atom is -0.383 e. The van der Waals surface area contributed by atoms with Crippen molar-refractivity contribution >= 4 is 27.3 Å². The number of nitrogens with zero attached hydrogens (tertiary/aromatic N) is 1. The summed E-state index contributed by atoms with van der Waals surface area (Å²) in [5.74, 6) is 2.48. The molecule has 0 radical (unpaired) electrons. The summed E-state index contributed by atoms with van der Waals surface area (Å²) in [7, 11) is 4.18. The number of benzene rings is 1. The number of fused-ring (bicyclic) bond motifs is 2. The third-order valence-corrected chi connectivity index (χ3v) is 4.90. The van der Waals surface area contributed by atoms with E-state index in [0.717, 1.165) is 28.8 Å². The summed E-state index contributed by atoms with van der Waals surface area (Å²) in [5, 5.41) is 3.66. The number of nitrogens with one attached hydrogen (secondary N) is 1. The average Bonchev–Trinajstić information content (AvgIpc) is 2.98. The van der Waals surface area contributed by atoms with Crippen LogP contribution in [-0.2, 0) is 0 Å². The Bertz CT molecular complexity index is 496. The van der Waals surface area contributed by atoms with Gasteiger partial charge in [-0.25, -0.2) is 0 Å². The van der Waals surface area contributed by atoms with Gasteiger partial charge in [0.25, 0.3) is 0 Å². The van der Waals surface area contributed by atoms with Gasteiger partial charge in [-0.15, -0.1) is 0 Å². The quantitative estimate of drug-likeness (QED) is 0.839. The van der Waals surface area contributed by atoms with Gasteiger partial charge in [-0.05, 0) is 48.8 Å². The molecule has 2 aliphatic carbocycles. The first-order valence-corrected chi connectivity index (χ1v) is 7.82. The number of anilines is 2. The minimum atomic E-state index is 0.809. The molecule has 1 aromatic rings. The van der Waals surface area contributed by atoms with E-state index in [2.05, 4.69) is 70.6 Å². The van der Waals surface area contributed by atoms with Crippen LogP contribution in [0.1, 0.15) is 12.8 Å².